The van der Waals surface area contributed by atoms with Crippen molar-refractivity contribution in [3.05, 3.63) is 77.5 Å². The van der Waals surface area contributed by atoms with Gasteiger partial charge in [0.15, 0.2) is 0 Å². The summed E-state index contributed by atoms with van der Waals surface area (Å²) in [5.74, 6) is 0.450. The summed E-state index contributed by atoms with van der Waals surface area (Å²) in [6.45, 7) is 1.11. The number of benzene rings is 2. The van der Waals surface area contributed by atoms with Gasteiger partial charge in [-0.25, -0.2) is 0 Å². The Balaban J connectivity index is 1.75. The Morgan fingerprint density at radius 1 is 1.08 bits per heavy atom. The molecule has 0 aliphatic heterocycles. The van der Waals surface area contributed by atoms with Gasteiger partial charge in [0.25, 0.3) is 5.91 Å². The molecule has 2 aromatic carbocycles. The zero-order valence-corrected chi connectivity index (χ0v) is 14.9. The highest BCUT2D eigenvalue weighted by Gasteiger charge is 2.07. The average Bonchev–Trinajstić information content (AvgIpc) is 2.69. The van der Waals surface area contributed by atoms with Gasteiger partial charge in [-0.3, -0.25) is 4.79 Å². The van der Waals surface area contributed by atoms with Crippen LogP contribution in [0.25, 0.3) is 0 Å². The van der Waals surface area contributed by atoms with Crippen molar-refractivity contribution in [2.24, 2.45) is 0 Å². The third-order valence-corrected chi connectivity index (χ3v) is 3.85. The van der Waals surface area contributed by atoms with Crippen LogP contribution in [0.3, 0.4) is 0 Å². The molecule has 0 aromatic heterocycles. The van der Waals surface area contributed by atoms with Gasteiger partial charge in [0.2, 0.25) is 0 Å². The fourth-order valence-corrected chi connectivity index (χ4v) is 2.43. The Labute approximate surface area is 154 Å². The van der Waals surface area contributed by atoms with Crippen LogP contribution in [0.1, 0.15) is 11.1 Å². The number of methoxy groups -OCH3 is 1. The Morgan fingerprint density at radius 2 is 1.81 bits per heavy atom. The van der Waals surface area contributed by atoms with E-state index in [0.29, 0.717) is 13.1 Å². The number of nitrogens with one attached hydrogen (secondary N) is 2. The molecular formula is C21H23N3O2. The van der Waals surface area contributed by atoms with E-state index in [-0.39, 0.29) is 11.5 Å². The molecule has 0 spiro atoms. The normalized spacial score (nSPS) is 10.7. The minimum atomic E-state index is -0.364. The maximum atomic E-state index is 12.1. The first kappa shape index (κ1) is 19.1. The number of nitriles is 1. The summed E-state index contributed by atoms with van der Waals surface area (Å²) in [5.41, 5.74) is 2.34. The van der Waals surface area contributed by atoms with Crippen LogP contribution in [-0.2, 0) is 17.6 Å². The topological polar surface area (TPSA) is 74.1 Å². The zero-order valence-electron chi connectivity index (χ0n) is 14.9. The van der Waals surface area contributed by atoms with Crippen molar-refractivity contribution in [1.29, 1.82) is 5.26 Å². The number of hydrogen-bond donors (Lipinski definition) is 2. The molecular weight excluding hydrogens is 326 g/mol. The SMILES string of the molecule is COc1cccc(CCN/C=C(/C#N)C(=O)NCCc2ccccc2)c1. The van der Waals surface area contributed by atoms with Crippen LogP contribution >= 0.6 is 0 Å². The third kappa shape index (κ3) is 6.33. The number of hydrogen-bond acceptors (Lipinski definition) is 4. The van der Waals surface area contributed by atoms with Crippen LogP contribution in [0.4, 0.5) is 0 Å². The largest absolute Gasteiger partial charge is 0.497 e. The van der Waals surface area contributed by atoms with Gasteiger partial charge in [-0.15, -0.1) is 0 Å². The lowest BCUT2D eigenvalue weighted by atomic mass is 10.1. The van der Waals surface area contributed by atoms with Crippen molar-refractivity contribution < 1.29 is 9.53 Å². The van der Waals surface area contributed by atoms with Crippen molar-refractivity contribution in [1.82, 2.24) is 10.6 Å². The lowest BCUT2D eigenvalue weighted by Crippen LogP contribution is -2.27. The van der Waals surface area contributed by atoms with Crippen LogP contribution in [0.2, 0.25) is 0 Å². The van der Waals surface area contributed by atoms with Crippen molar-refractivity contribution in [3.63, 3.8) is 0 Å². The summed E-state index contributed by atoms with van der Waals surface area (Å²) in [6.07, 6.45) is 2.97. The molecule has 0 aliphatic carbocycles. The van der Waals surface area contributed by atoms with Crippen molar-refractivity contribution >= 4 is 5.91 Å². The van der Waals surface area contributed by atoms with E-state index in [4.69, 9.17) is 10.00 Å². The second-order valence-electron chi connectivity index (χ2n) is 5.72. The lowest BCUT2D eigenvalue weighted by molar-refractivity contribution is -0.117. The molecule has 2 N–H and O–H groups in total. The minimum Gasteiger partial charge on any atom is -0.497 e. The molecule has 0 fully saturated rings. The monoisotopic (exact) mass is 349 g/mol. The van der Waals surface area contributed by atoms with Gasteiger partial charge in [0, 0.05) is 19.3 Å². The molecule has 2 rings (SSSR count). The Hall–Kier alpha value is -3.26. The first-order chi connectivity index (χ1) is 12.7. The Bertz CT molecular complexity index is 779. The van der Waals surface area contributed by atoms with Crippen LogP contribution in [0.5, 0.6) is 5.75 Å². The minimum absolute atomic E-state index is 0.0729. The van der Waals surface area contributed by atoms with E-state index in [2.05, 4.69) is 10.6 Å². The smallest absolute Gasteiger partial charge is 0.263 e. The predicted molar refractivity (Wildman–Crippen MR) is 102 cm³/mol. The summed E-state index contributed by atoms with van der Waals surface area (Å²) >= 11 is 0. The highest BCUT2D eigenvalue weighted by Crippen LogP contribution is 2.12. The van der Waals surface area contributed by atoms with Crippen LogP contribution in [0, 0.1) is 11.3 Å². The van der Waals surface area contributed by atoms with Gasteiger partial charge >= 0.3 is 0 Å². The quantitative estimate of drug-likeness (QED) is 0.415. The molecule has 5 nitrogen and oxygen atoms in total. The van der Waals surface area contributed by atoms with Gasteiger partial charge in [-0.2, -0.15) is 5.26 Å². The molecule has 134 valence electrons. The molecule has 0 aliphatic rings. The molecule has 0 atom stereocenters. The summed E-state index contributed by atoms with van der Waals surface area (Å²) < 4.78 is 5.19. The molecule has 0 saturated heterocycles. The molecule has 26 heavy (non-hydrogen) atoms. The number of nitrogens with zero attached hydrogens (tertiary/aromatic N) is 1. The van der Waals surface area contributed by atoms with Gasteiger partial charge in [-0.1, -0.05) is 42.5 Å². The number of amides is 1. The Morgan fingerprint density at radius 3 is 2.54 bits per heavy atom. The van der Waals surface area contributed by atoms with E-state index >= 15 is 0 Å². The second kappa shape index (κ2) is 10.6. The first-order valence-corrected chi connectivity index (χ1v) is 8.51. The third-order valence-electron chi connectivity index (χ3n) is 3.85. The van der Waals surface area contributed by atoms with Crippen molar-refractivity contribution in [2.75, 3.05) is 20.2 Å². The molecule has 0 unspecified atom stereocenters. The zero-order chi connectivity index (χ0) is 18.6. The number of carbonyl (C=O) groups excluding carboxylic acids is 1. The highest BCUT2D eigenvalue weighted by atomic mass is 16.5. The van der Waals surface area contributed by atoms with Crippen LogP contribution < -0.4 is 15.4 Å². The van der Waals surface area contributed by atoms with E-state index < -0.39 is 0 Å². The highest BCUT2D eigenvalue weighted by molar-refractivity contribution is 5.97. The van der Waals surface area contributed by atoms with Crippen LogP contribution in [-0.4, -0.2) is 26.1 Å². The fraction of sp³-hybridized carbons (Fsp3) is 0.238. The standard InChI is InChI=1S/C21H23N3O2/c1-26-20-9-5-8-18(14-20)10-12-23-16-19(15-22)21(25)24-13-11-17-6-3-2-4-7-17/h2-9,14,16,23H,10-13H2,1H3,(H,24,25)/b19-16-. The number of carbonyl (C=O) groups is 1. The maximum absolute atomic E-state index is 12.1. The number of ether oxygens (including phenoxy) is 1. The summed E-state index contributed by atoms with van der Waals surface area (Å²) in [5, 5.41) is 15.0. The lowest BCUT2D eigenvalue weighted by Gasteiger charge is -2.06. The molecule has 0 heterocycles. The first-order valence-electron chi connectivity index (χ1n) is 8.51. The fourth-order valence-electron chi connectivity index (χ4n) is 2.43. The average molecular weight is 349 g/mol. The van der Waals surface area contributed by atoms with Gasteiger partial charge in [-0.05, 0) is 36.1 Å². The van der Waals surface area contributed by atoms with Crippen LogP contribution in [0.15, 0.2) is 66.4 Å². The maximum Gasteiger partial charge on any atom is 0.263 e. The van der Waals surface area contributed by atoms with Crippen molar-refractivity contribution in [3.8, 4) is 11.8 Å². The summed E-state index contributed by atoms with van der Waals surface area (Å²) in [7, 11) is 1.63. The van der Waals surface area contributed by atoms with E-state index in [0.717, 1.165) is 29.7 Å². The Kier molecular flexibility index (Phi) is 7.75. The van der Waals surface area contributed by atoms with Gasteiger partial charge < -0.3 is 15.4 Å². The van der Waals surface area contributed by atoms with Crippen molar-refractivity contribution in [2.45, 2.75) is 12.8 Å². The number of rotatable bonds is 9. The van der Waals surface area contributed by atoms with Gasteiger partial charge in [0.05, 0.1) is 7.11 Å². The molecule has 0 bridgehead atoms. The van der Waals surface area contributed by atoms with E-state index in [1.807, 2.05) is 60.7 Å². The van der Waals surface area contributed by atoms with E-state index in [1.54, 1.807) is 7.11 Å². The summed E-state index contributed by atoms with van der Waals surface area (Å²) in [6, 6.07) is 19.6. The molecule has 1 amide bonds. The molecule has 0 radical (unpaired) electrons. The molecule has 5 heteroatoms. The second-order valence-corrected chi connectivity index (χ2v) is 5.72. The molecule has 2 aromatic rings. The predicted octanol–water partition coefficient (Wildman–Crippen LogP) is 2.59. The van der Waals surface area contributed by atoms with E-state index in [9.17, 15) is 4.79 Å². The van der Waals surface area contributed by atoms with Gasteiger partial charge in [0.1, 0.15) is 17.4 Å². The molecule has 0 saturated carbocycles. The summed E-state index contributed by atoms with van der Waals surface area (Å²) in [4.78, 5) is 12.1. The van der Waals surface area contributed by atoms with E-state index in [1.165, 1.54) is 6.20 Å².